The molecule has 1 N–H and O–H groups in total. The Labute approximate surface area is 117 Å². The number of nitrogens with zero attached hydrogens (tertiary/aromatic N) is 2. The first-order chi connectivity index (χ1) is 8.49. The highest BCUT2D eigenvalue weighted by atomic mass is 79.9. The highest BCUT2D eigenvalue weighted by Gasteiger charge is 2.16. The van der Waals surface area contributed by atoms with E-state index in [1.165, 1.54) is 11.8 Å². The second kappa shape index (κ2) is 5.16. The van der Waals surface area contributed by atoms with Crippen LogP contribution in [0.3, 0.4) is 0 Å². The minimum atomic E-state index is -0.941. The lowest BCUT2D eigenvalue weighted by atomic mass is 10.2. The minimum Gasteiger partial charge on any atom is -0.478 e. The summed E-state index contributed by atoms with van der Waals surface area (Å²) in [6.07, 6.45) is 0. The van der Waals surface area contributed by atoms with Crippen molar-refractivity contribution in [3.8, 4) is 0 Å². The number of aromatic nitrogens is 2. The van der Waals surface area contributed by atoms with Gasteiger partial charge in [0.15, 0.2) is 0 Å². The molecule has 0 amide bonds. The van der Waals surface area contributed by atoms with Crippen LogP contribution in [-0.4, -0.2) is 20.9 Å². The van der Waals surface area contributed by atoms with Crippen LogP contribution < -0.4 is 0 Å². The van der Waals surface area contributed by atoms with E-state index in [1.54, 1.807) is 16.8 Å². The first-order valence-electron chi connectivity index (χ1n) is 5.19. The molecule has 0 saturated heterocycles. The molecule has 0 unspecified atom stereocenters. The predicted molar refractivity (Wildman–Crippen MR) is 73.2 cm³/mol. The smallest absolute Gasteiger partial charge is 0.338 e. The van der Waals surface area contributed by atoms with Crippen molar-refractivity contribution in [1.82, 2.24) is 9.78 Å². The van der Waals surface area contributed by atoms with Crippen LogP contribution in [0.25, 0.3) is 0 Å². The lowest BCUT2D eigenvalue weighted by molar-refractivity contribution is 0.0692. The van der Waals surface area contributed by atoms with Gasteiger partial charge in [0.25, 0.3) is 0 Å². The molecule has 6 heteroatoms. The van der Waals surface area contributed by atoms with E-state index >= 15 is 0 Å². The van der Waals surface area contributed by atoms with E-state index in [1.807, 2.05) is 26.1 Å². The molecule has 0 saturated carbocycles. The third-order valence-electron chi connectivity index (χ3n) is 2.36. The van der Waals surface area contributed by atoms with Gasteiger partial charge in [-0.05, 0) is 41.1 Å². The van der Waals surface area contributed by atoms with Gasteiger partial charge in [-0.3, -0.25) is 4.68 Å². The monoisotopic (exact) mass is 326 g/mol. The van der Waals surface area contributed by atoms with Crippen LogP contribution in [0.2, 0.25) is 0 Å². The fourth-order valence-corrected chi connectivity index (χ4v) is 3.33. The molecule has 94 valence electrons. The Morgan fingerprint density at radius 3 is 2.78 bits per heavy atom. The zero-order valence-corrected chi connectivity index (χ0v) is 12.2. The van der Waals surface area contributed by atoms with E-state index < -0.39 is 5.97 Å². The number of carboxylic acid groups (broad SMARTS) is 1. The molecular formula is C12H11BrN2O2S. The summed E-state index contributed by atoms with van der Waals surface area (Å²) in [5.41, 5.74) is 1.19. The molecule has 0 aliphatic heterocycles. The molecule has 2 aromatic rings. The Kier molecular flexibility index (Phi) is 3.77. The van der Waals surface area contributed by atoms with E-state index in [2.05, 4.69) is 21.0 Å². The summed E-state index contributed by atoms with van der Waals surface area (Å²) in [5, 5.41) is 14.4. The summed E-state index contributed by atoms with van der Waals surface area (Å²) in [7, 11) is 1.84. The number of aryl methyl sites for hydroxylation is 2. The average molecular weight is 327 g/mol. The van der Waals surface area contributed by atoms with Crippen molar-refractivity contribution in [1.29, 1.82) is 0 Å². The molecule has 0 spiro atoms. The molecular weight excluding hydrogens is 316 g/mol. The molecule has 0 bridgehead atoms. The molecule has 2 rings (SSSR count). The van der Waals surface area contributed by atoms with Crippen LogP contribution in [0.15, 0.2) is 38.7 Å². The number of hydrogen-bond donors (Lipinski definition) is 1. The molecule has 0 atom stereocenters. The average Bonchev–Trinajstić information content (AvgIpc) is 2.57. The number of benzene rings is 1. The molecule has 1 heterocycles. The maximum Gasteiger partial charge on any atom is 0.338 e. The van der Waals surface area contributed by atoms with E-state index in [0.717, 1.165) is 10.7 Å². The predicted octanol–water partition coefficient (Wildman–Crippen LogP) is 3.34. The first kappa shape index (κ1) is 13.2. The maximum atomic E-state index is 11.3. The highest BCUT2D eigenvalue weighted by molar-refractivity contribution is 9.10. The van der Waals surface area contributed by atoms with Crippen molar-refractivity contribution in [2.75, 3.05) is 0 Å². The first-order valence-corrected chi connectivity index (χ1v) is 6.80. The second-order valence-corrected chi connectivity index (χ2v) is 5.68. The van der Waals surface area contributed by atoms with Gasteiger partial charge in [-0.25, -0.2) is 4.79 Å². The molecule has 0 aliphatic rings. The third-order valence-corrected chi connectivity index (χ3v) is 4.17. The molecule has 0 radical (unpaired) electrons. The van der Waals surface area contributed by atoms with Crippen LogP contribution in [0.1, 0.15) is 16.1 Å². The fraction of sp³-hybridized carbons (Fsp3) is 0.167. The molecule has 18 heavy (non-hydrogen) atoms. The number of aromatic carboxylic acids is 1. The Morgan fingerprint density at radius 1 is 1.50 bits per heavy atom. The van der Waals surface area contributed by atoms with E-state index in [0.29, 0.717) is 9.37 Å². The Hall–Kier alpha value is -1.27. The van der Waals surface area contributed by atoms with Crippen molar-refractivity contribution < 1.29 is 9.90 Å². The van der Waals surface area contributed by atoms with Gasteiger partial charge in [0.2, 0.25) is 0 Å². The Morgan fingerprint density at radius 2 is 2.22 bits per heavy atom. The van der Waals surface area contributed by atoms with Crippen molar-refractivity contribution in [3.05, 3.63) is 40.0 Å². The van der Waals surface area contributed by atoms with Gasteiger partial charge in [0.1, 0.15) is 0 Å². The topological polar surface area (TPSA) is 55.1 Å². The van der Waals surface area contributed by atoms with Crippen LogP contribution in [0.5, 0.6) is 0 Å². The molecule has 4 nitrogen and oxygen atoms in total. The Bertz CT molecular complexity index is 610. The van der Waals surface area contributed by atoms with Crippen molar-refractivity contribution in [3.63, 3.8) is 0 Å². The van der Waals surface area contributed by atoms with Gasteiger partial charge >= 0.3 is 5.97 Å². The number of carboxylic acids is 1. The summed E-state index contributed by atoms with van der Waals surface area (Å²) >= 11 is 4.66. The normalized spacial score (nSPS) is 10.6. The van der Waals surface area contributed by atoms with Gasteiger partial charge < -0.3 is 5.11 Å². The number of halogens is 1. The quantitative estimate of drug-likeness (QED) is 0.939. The van der Waals surface area contributed by atoms with E-state index in [4.69, 9.17) is 0 Å². The summed E-state index contributed by atoms with van der Waals surface area (Å²) < 4.78 is 2.32. The molecule has 0 fully saturated rings. The van der Waals surface area contributed by atoms with Crippen molar-refractivity contribution in [2.45, 2.75) is 16.8 Å². The fourth-order valence-electron chi connectivity index (χ4n) is 1.59. The summed E-state index contributed by atoms with van der Waals surface area (Å²) in [5.74, 6) is -0.941. The van der Waals surface area contributed by atoms with Gasteiger partial charge in [-0.15, -0.1) is 0 Å². The zero-order chi connectivity index (χ0) is 13.3. The summed E-state index contributed by atoms with van der Waals surface area (Å²) in [6.45, 7) is 1.91. The Balaban J connectivity index is 2.43. The van der Waals surface area contributed by atoms with Crippen LogP contribution >= 0.6 is 27.7 Å². The van der Waals surface area contributed by atoms with Crippen LogP contribution in [-0.2, 0) is 7.05 Å². The van der Waals surface area contributed by atoms with Crippen LogP contribution in [0, 0.1) is 6.92 Å². The SMILES string of the molecule is Cc1cc(Sc2cccc(Br)c2C(=O)O)n(C)n1. The van der Waals surface area contributed by atoms with Crippen molar-refractivity contribution >= 4 is 33.7 Å². The van der Waals surface area contributed by atoms with Gasteiger partial charge in [0, 0.05) is 16.4 Å². The van der Waals surface area contributed by atoms with Crippen molar-refractivity contribution in [2.24, 2.45) is 7.05 Å². The number of rotatable bonds is 3. The van der Waals surface area contributed by atoms with E-state index in [-0.39, 0.29) is 5.56 Å². The molecule has 0 aliphatic carbocycles. The van der Waals surface area contributed by atoms with Gasteiger partial charge in [-0.1, -0.05) is 17.8 Å². The largest absolute Gasteiger partial charge is 0.478 e. The zero-order valence-electron chi connectivity index (χ0n) is 9.85. The number of carbonyl (C=O) groups is 1. The van der Waals surface area contributed by atoms with E-state index in [9.17, 15) is 9.90 Å². The summed E-state index contributed by atoms with van der Waals surface area (Å²) in [4.78, 5) is 12.0. The maximum absolute atomic E-state index is 11.3. The molecule has 1 aromatic heterocycles. The molecule has 1 aromatic carbocycles. The second-order valence-electron chi connectivity index (χ2n) is 3.77. The standard InChI is InChI=1S/C12H11BrN2O2S/c1-7-6-10(15(2)14-7)18-9-5-3-4-8(13)11(9)12(16)17/h3-6H,1-2H3,(H,16,17). The lowest BCUT2D eigenvalue weighted by Gasteiger charge is -2.07. The summed E-state index contributed by atoms with van der Waals surface area (Å²) in [6, 6.07) is 7.27. The highest BCUT2D eigenvalue weighted by Crippen LogP contribution is 2.33. The van der Waals surface area contributed by atoms with Crippen LogP contribution in [0.4, 0.5) is 0 Å². The third kappa shape index (κ3) is 2.59. The number of hydrogen-bond acceptors (Lipinski definition) is 3. The van der Waals surface area contributed by atoms with Gasteiger partial charge in [-0.2, -0.15) is 5.10 Å². The minimum absolute atomic E-state index is 0.279. The lowest BCUT2D eigenvalue weighted by Crippen LogP contribution is -2.01. The van der Waals surface area contributed by atoms with Gasteiger partial charge in [0.05, 0.1) is 16.3 Å².